The third-order valence-electron chi connectivity index (χ3n) is 6.05. The summed E-state index contributed by atoms with van der Waals surface area (Å²) in [6, 6.07) is 10.8. The molecule has 1 aliphatic rings. The van der Waals surface area contributed by atoms with Crippen LogP contribution in [0.1, 0.15) is 38.2 Å². The molecule has 2 amide bonds. The van der Waals surface area contributed by atoms with E-state index in [2.05, 4.69) is 21.2 Å². The molecule has 35 heavy (non-hydrogen) atoms. The second-order valence-electron chi connectivity index (χ2n) is 8.63. The summed E-state index contributed by atoms with van der Waals surface area (Å²) < 4.78 is 27.0. The Morgan fingerprint density at radius 1 is 1.09 bits per heavy atom. The topological polar surface area (TPSA) is 86.8 Å². The first kappa shape index (κ1) is 27.8. The fourth-order valence-electron chi connectivity index (χ4n) is 4.05. The summed E-state index contributed by atoms with van der Waals surface area (Å²) in [5.41, 5.74) is 0.821. The lowest BCUT2D eigenvalue weighted by molar-refractivity contribution is -0.139. The van der Waals surface area contributed by atoms with E-state index < -0.39 is 28.5 Å². The van der Waals surface area contributed by atoms with Gasteiger partial charge in [0.1, 0.15) is 12.6 Å². The van der Waals surface area contributed by atoms with Crippen LogP contribution in [0.5, 0.6) is 0 Å². The van der Waals surface area contributed by atoms with Crippen molar-refractivity contribution in [1.82, 2.24) is 10.2 Å². The van der Waals surface area contributed by atoms with Gasteiger partial charge < -0.3 is 10.2 Å². The SMILES string of the molecule is C[C@H](C(=O)NC1CCCC1)N(Cc1c(Cl)cccc1Cl)C(=O)CN(c1ccc(Br)cc1)S(C)(=O)=O. The van der Waals surface area contributed by atoms with Gasteiger partial charge in [0.25, 0.3) is 0 Å². The molecule has 2 aromatic carbocycles. The molecule has 3 rings (SSSR count). The lowest BCUT2D eigenvalue weighted by Crippen LogP contribution is -2.52. The highest BCUT2D eigenvalue weighted by Gasteiger charge is 2.32. The lowest BCUT2D eigenvalue weighted by Gasteiger charge is -2.32. The monoisotopic (exact) mass is 603 g/mol. The van der Waals surface area contributed by atoms with Gasteiger partial charge in [-0.25, -0.2) is 8.42 Å². The zero-order chi connectivity index (χ0) is 25.8. The van der Waals surface area contributed by atoms with Crippen LogP contribution in [0.2, 0.25) is 10.0 Å². The summed E-state index contributed by atoms with van der Waals surface area (Å²) in [6.07, 6.45) is 4.93. The maximum atomic E-state index is 13.6. The molecule has 0 heterocycles. The molecule has 0 unspecified atom stereocenters. The second kappa shape index (κ2) is 12.0. The summed E-state index contributed by atoms with van der Waals surface area (Å²) in [6.45, 7) is 1.09. The molecule has 11 heteroatoms. The number of hydrogen-bond acceptors (Lipinski definition) is 4. The molecule has 0 radical (unpaired) electrons. The molecule has 0 spiro atoms. The van der Waals surface area contributed by atoms with Gasteiger partial charge in [0.05, 0.1) is 11.9 Å². The van der Waals surface area contributed by atoms with Crippen molar-refractivity contribution >= 4 is 66.7 Å². The van der Waals surface area contributed by atoms with Gasteiger partial charge in [-0.2, -0.15) is 0 Å². The van der Waals surface area contributed by atoms with E-state index in [1.54, 1.807) is 49.4 Å². The fourth-order valence-corrected chi connectivity index (χ4v) is 5.68. The molecular formula is C24H28BrCl2N3O4S. The smallest absolute Gasteiger partial charge is 0.244 e. The third-order valence-corrected chi connectivity index (χ3v) is 8.43. The van der Waals surface area contributed by atoms with E-state index in [4.69, 9.17) is 23.2 Å². The summed E-state index contributed by atoms with van der Waals surface area (Å²) in [5, 5.41) is 3.72. The van der Waals surface area contributed by atoms with Crippen molar-refractivity contribution in [1.29, 1.82) is 0 Å². The predicted octanol–water partition coefficient (Wildman–Crippen LogP) is 5.00. The molecule has 0 saturated heterocycles. The molecule has 1 aliphatic carbocycles. The average Bonchev–Trinajstić information content (AvgIpc) is 3.30. The van der Waals surface area contributed by atoms with E-state index in [0.29, 0.717) is 21.3 Å². The lowest BCUT2D eigenvalue weighted by atomic mass is 10.1. The number of nitrogens with zero attached hydrogens (tertiary/aromatic N) is 2. The minimum atomic E-state index is -3.80. The first-order valence-corrected chi connectivity index (χ1v) is 14.6. The molecule has 7 nitrogen and oxygen atoms in total. The number of rotatable bonds is 9. The Balaban J connectivity index is 1.91. The summed E-state index contributed by atoms with van der Waals surface area (Å²) in [5.74, 6) is -0.855. The number of hydrogen-bond donors (Lipinski definition) is 1. The molecule has 0 aliphatic heterocycles. The van der Waals surface area contributed by atoms with Crippen LogP contribution in [0.15, 0.2) is 46.9 Å². The van der Waals surface area contributed by atoms with Crippen LogP contribution < -0.4 is 9.62 Å². The number of anilines is 1. The number of halogens is 3. The number of sulfonamides is 1. The standard InChI is InChI=1S/C24H28BrCl2N3O4S/c1-16(24(32)28-18-6-3-4-7-18)29(14-20-21(26)8-5-9-22(20)27)23(31)15-30(35(2,33)34)19-12-10-17(25)11-13-19/h5,8-13,16,18H,3-4,6-7,14-15H2,1-2H3,(H,28,32)/t16-/m1/s1. The van der Waals surface area contributed by atoms with E-state index >= 15 is 0 Å². The van der Waals surface area contributed by atoms with Gasteiger partial charge >= 0.3 is 0 Å². The van der Waals surface area contributed by atoms with E-state index in [1.165, 1.54) is 4.90 Å². The van der Waals surface area contributed by atoms with Crippen molar-refractivity contribution in [2.24, 2.45) is 0 Å². The molecule has 2 aromatic rings. The zero-order valence-corrected chi connectivity index (χ0v) is 23.4. The number of carbonyl (C=O) groups excluding carboxylic acids is 2. The van der Waals surface area contributed by atoms with Gasteiger partial charge in [0.2, 0.25) is 21.8 Å². The van der Waals surface area contributed by atoms with Crippen molar-refractivity contribution in [3.63, 3.8) is 0 Å². The van der Waals surface area contributed by atoms with E-state index in [-0.39, 0.29) is 18.5 Å². The van der Waals surface area contributed by atoms with Gasteiger partial charge in [-0.1, -0.05) is 58.0 Å². The number of benzene rings is 2. The van der Waals surface area contributed by atoms with E-state index in [1.807, 2.05) is 0 Å². The van der Waals surface area contributed by atoms with Crippen LogP contribution in [-0.4, -0.2) is 50.0 Å². The zero-order valence-electron chi connectivity index (χ0n) is 19.5. The van der Waals surface area contributed by atoms with Crippen LogP contribution in [-0.2, 0) is 26.2 Å². The maximum absolute atomic E-state index is 13.6. The second-order valence-corrected chi connectivity index (χ2v) is 12.3. The van der Waals surface area contributed by atoms with Crippen LogP contribution in [0.4, 0.5) is 5.69 Å². The quantitative estimate of drug-likeness (QED) is 0.436. The Morgan fingerprint density at radius 3 is 2.20 bits per heavy atom. The highest BCUT2D eigenvalue weighted by molar-refractivity contribution is 9.10. The summed E-state index contributed by atoms with van der Waals surface area (Å²) in [7, 11) is -3.80. The normalized spacial score (nSPS) is 15.0. The highest BCUT2D eigenvalue weighted by atomic mass is 79.9. The van der Waals surface area contributed by atoms with Crippen molar-refractivity contribution in [2.75, 3.05) is 17.1 Å². The number of amides is 2. The minimum absolute atomic E-state index is 0.0471. The van der Waals surface area contributed by atoms with Crippen molar-refractivity contribution in [3.05, 3.63) is 62.5 Å². The first-order valence-electron chi connectivity index (χ1n) is 11.2. The first-order chi connectivity index (χ1) is 16.5. The van der Waals surface area contributed by atoms with Gasteiger partial charge in [-0.05, 0) is 56.2 Å². The molecule has 1 fully saturated rings. The molecule has 1 atom stereocenters. The van der Waals surface area contributed by atoms with E-state index in [0.717, 1.165) is 40.7 Å². The summed E-state index contributed by atoms with van der Waals surface area (Å²) >= 11 is 16.0. The van der Waals surface area contributed by atoms with Crippen LogP contribution in [0.3, 0.4) is 0 Å². The molecule has 1 saturated carbocycles. The Kier molecular flexibility index (Phi) is 9.48. The molecule has 190 valence electrons. The maximum Gasteiger partial charge on any atom is 0.244 e. The van der Waals surface area contributed by atoms with Crippen molar-refractivity contribution in [3.8, 4) is 0 Å². The molecule has 0 bridgehead atoms. The van der Waals surface area contributed by atoms with Crippen molar-refractivity contribution in [2.45, 2.75) is 51.2 Å². The third kappa shape index (κ3) is 7.35. The van der Waals surface area contributed by atoms with Gasteiger partial charge in [0.15, 0.2) is 0 Å². The number of nitrogens with one attached hydrogen (secondary N) is 1. The Labute approximate surface area is 224 Å². The Hall–Kier alpha value is -1.81. The molecule has 0 aromatic heterocycles. The fraction of sp³-hybridized carbons (Fsp3) is 0.417. The van der Waals surface area contributed by atoms with Crippen LogP contribution in [0.25, 0.3) is 0 Å². The highest BCUT2D eigenvalue weighted by Crippen LogP contribution is 2.28. The van der Waals surface area contributed by atoms with Gasteiger partial charge in [0, 0.05) is 32.7 Å². The van der Waals surface area contributed by atoms with E-state index in [9.17, 15) is 18.0 Å². The van der Waals surface area contributed by atoms with Gasteiger partial charge in [-0.3, -0.25) is 13.9 Å². The van der Waals surface area contributed by atoms with Crippen LogP contribution >= 0.6 is 39.1 Å². The minimum Gasteiger partial charge on any atom is -0.352 e. The van der Waals surface area contributed by atoms with Crippen molar-refractivity contribution < 1.29 is 18.0 Å². The Morgan fingerprint density at radius 2 is 1.66 bits per heavy atom. The number of carbonyl (C=O) groups is 2. The largest absolute Gasteiger partial charge is 0.352 e. The molecular weight excluding hydrogens is 577 g/mol. The Bertz CT molecular complexity index is 1150. The molecule has 1 N–H and O–H groups in total. The predicted molar refractivity (Wildman–Crippen MR) is 143 cm³/mol. The average molecular weight is 605 g/mol. The van der Waals surface area contributed by atoms with Crippen LogP contribution in [0, 0.1) is 0 Å². The summed E-state index contributed by atoms with van der Waals surface area (Å²) in [4.78, 5) is 28.0. The van der Waals surface area contributed by atoms with Gasteiger partial charge in [-0.15, -0.1) is 0 Å².